The zero-order valence-electron chi connectivity index (χ0n) is 8.27. The van der Waals surface area contributed by atoms with E-state index in [0.717, 1.165) is 13.0 Å². The minimum absolute atomic E-state index is 0.0428. The van der Waals surface area contributed by atoms with Crippen molar-refractivity contribution in [2.75, 3.05) is 25.9 Å². The van der Waals surface area contributed by atoms with Crippen molar-refractivity contribution in [3.8, 4) is 0 Å². The van der Waals surface area contributed by atoms with Crippen LogP contribution in [-0.4, -0.2) is 41.1 Å². The van der Waals surface area contributed by atoms with Gasteiger partial charge in [0.1, 0.15) is 0 Å². The summed E-state index contributed by atoms with van der Waals surface area (Å²) in [7, 11) is 1.84. The number of hydrogen-bond donors (Lipinski definition) is 0. The number of thioether (sulfide) groups is 1. The second-order valence-corrected chi connectivity index (χ2v) is 5.89. The summed E-state index contributed by atoms with van der Waals surface area (Å²) in [6, 6.07) is 0. The number of nitrogens with zero attached hydrogens (tertiary/aromatic N) is 1. The van der Waals surface area contributed by atoms with Gasteiger partial charge in [-0.3, -0.25) is 0 Å². The molecule has 1 atom stereocenters. The van der Waals surface area contributed by atoms with E-state index in [4.69, 9.17) is 0 Å². The van der Waals surface area contributed by atoms with Gasteiger partial charge in [0, 0.05) is 17.1 Å². The van der Waals surface area contributed by atoms with E-state index in [1.807, 2.05) is 18.9 Å². The van der Waals surface area contributed by atoms with E-state index >= 15 is 0 Å². The quantitative estimate of drug-likeness (QED) is 0.691. The van der Waals surface area contributed by atoms with Gasteiger partial charge in [0.05, 0.1) is 0 Å². The van der Waals surface area contributed by atoms with Crippen molar-refractivity contribution >= 4 is 27.7 Å². The predicted octanol–water partition coefficient (Wildman–Crippen LogP) is 3.34. The molecule has 0 heterocycles. The summed E-state index contributed by atoms with van der Waals surface area (Å²) >= 11 is 3.43. The molecule has 0 radical (unpaired) electrons. The Morgan fingerprint density at radius 2 is 1.93 bits per heavy atom. The standard InChI is InChI=1S/C8H15BrF3NS/c1-7(9)3-4-13(2)5-6-14-8(10,11)12/h7H,3-6H2,1-2H3. The fourth-order valence-corrected chi connectivity index (χ4v) is 1.67. The molecule has 6 heteroatoms. The zero-order valence-corrected chi connectivity index (χ0v) is 10.7. The van der Waals surface area contributed by atoms with E-state index in [1.165, 1.54) is 0 Å². The Bertz CT molecular complexity index is 152. The summed E-state index contributed by atoms with van der Waals surface area (Å²) in [5, 5.41) is 0. The maximum Gasteiger partial charge on any atom is 0.441 e. The first-order valence-electron chi connectivity index (χ1n) is 4.34. The maximum absolute atomic E-state index is 11.8. The Labute approximate surface area is 95.5 Å². The van der Waals surface area contributed by atoms with Crippen LogP contribution < -0.4 is 0 Å². The molecule has 0 aromatic heterocycles. The summed E-state index contributed by atoms with van der Waals surface area (Å²) in [5.41, 5.74) is -4.09. The van der Waals surface area contributed by atoms with Gasteiger partial charge >= 0.3 is 5.51 Å². The van der Waals surface area contributed by atoms with Gasteiger partial charge in [-0.1, -0.05) is 22.9 Å². The van der Waals surface area contributed by atoms with E-state index in [9.17, 15) is 13.2 Å². The topological polar surface area (TPSA) is 3.24 Å². The molecule has 1 nitrogen and oxygen atoms in total. The lowest BCUT2D eigenvalue weighted by Crippen LogP contribution is -2.24. The lowest BCUT2D eigenvalue weighted by Gasteiger charge is -2.17. The van der Waals surface area contributed by atoms with Crippen LogP contribution in [0.1, 0.15) is 13.3 Å². The minimum atomic E-state index is -4.09. The van der Waals surface area contributed by atoms with Gasteiger partial charge in [-0.25, -0.2) is 0 Å². The van der Waals surface area contributed by atoms with Crippen LogP contribution in [0.4, 0.5) is 13.2 Å². The molecule has 0 spiro atoms. The zero-order chi connectivity index (χ0) is 11.2. The maximum atomic E-state index is 11.8. The number of alkyl halides is 4. The van der Waals surface area contributed by atoms with E-state index in [1.54, 1.807) is 0 Å². The Kier molecular flexibility index (Phi) is 7.24. The summed E-state index contributed by atoms with van der Waals surface area (Å²) in [4.78, 5) is 2.33. The monoisotopic (exact) mass is 293 g/mol. The highest BCUT2D eigenvalue weighted by atomic mass is 79.9. The van der Waals surface area contributed by atoms with Crippen LogP contribution in [0.2, 0.25) is 0 Å². The van der Waals surface area contributed by atoms with Gasteiger partial charge in [0.15, 0.2) is 0 Å². The van der Waals surface area contributed by atoms with Gasteiger partial charge in [-0.15, -0.1) is 0 Å². The van der Waals surface area contributed by atoms with Crippen molar-refractivity contribution in [2.24, 2.45) is 0 Å². The average Bonchev–Trinajstić information content (AvgIpc) is 1.98. The molecule has 0 fully saturated rings. The molecule has 0 saturated carbocycles. The van der Waals surface area contributed by atoms with Gasteiger partial charge in [-0.2, -0.15) is 13.2 Å². The second kappa shape index (κ2) is 6.95. The minimum Gasteiger partial charge on any atom is -0.306 e. The number of hydrogen-bond acceptors (Lipinski definition) is 2. The van der Waals surface area contributed by atoms with E-state index in [-0.39, 0.29) is 17.5 Å². The van der Waals surface area contributed by atoms with Gasteiger partial charge in [0.2, 0.25) is 0 Å². The third kappa shape index (κ3) is 10.7. The molecule has 0 bridgehead atoms. The lowest BCUT2D eigenvalue weighted by molar-refractivity contribution is -0.0328. The predicted molar refractivity (Wildman–Crippen MR) is 59.0 cm³/mol. The van der Waals surface area contributed by atoms with Gasteiger partial charge in [-0.05, 0) is 31.8 Å². The normalized spacial score (nSPS) is 14.8. The van der Waals surface area contributed by atoms with Crippen LogP contribution in [0.15, 0.2) is 0 Å². The summed E-state index contributed by atoms with van der Waals surface area (Å²) in [5.74, 6) is 0.108. The number of rotatable bonds is 6. The molecule has 0 aromatic carbocycles. The molecular formula is C8H15BrF3NS. The molecule has 86 valence electrons. The van der Waals surface area contributed by atoms with Crippen LogP contribution in [0.5, 0.6) is 0 Å². The van der Waals surface area contributed by atoms with Gasteiger partial charge in [0.25, 0.3) is 0 Å². The second-order valence-electron chi connectivity index (χ2n) is 3.17. The largest absolute Gasteiger partial charge is 0.441 e. The molecule has 0 aliphatic heterocycles. The highest BCUT2D eigenvalue weighted by Gasteiger charge is 2.27. The highest BCUT2D eigenvalue weighted by molar-refractivity contribution is 9.09. The molecule has 0 saturated heterocycles. The first kappa shape index (κ1) is 14.6. The van der Waals surface area contributed by atoms with Crippen molar-refractivity contribution < 1.29 is 13.2 Å². The molecule has 0 rings (SSSR count). The van der Waals surface area contributed by atoms with Crippen molar-refractivity contribution in [1.29, 1.82) is 0 Å². The summed E-state index contributed by atoms with van der Waals surface area (Å²) in [6.45, 7) is 3.33. The fourth-order valence-electron chi connectivity index (χ4n) is 0.827. The molecule has 1 unspecified atom stereocenters. The Hall–Kier alpha value is 0.580. The van der Waals surface area contributed by atoms with E-state index in [2.05, 4.69) is 15.9 Å². The smallest absolute Gasteiger partial charge is 0.306 e. The van der Waals surface area contributed by atoms with Crippen molar-refractivity contribution in [1.82, 2.24) is 4.90 Å². The molecule has 0 amide bonds. The fraction of sp³-hybridized carbons (Fsp3) is 1.00. The van der Waals surface area contributed by atoms with Crippen molar-refractivity contribution in [3.05, 3.63) is 0 Å². The van der Waals surface area contributed by atoms with Crippen LogP contribution in [0, 0.1) is 0 Å². The van der Waals surface area contributed by atoms with Crippen LogP contribution >= 0.6 is 27.7 Å². The Morgan fingerprint density at radius 3 is 2.36 bits per heavy atom. The molecular weight excluding hydrogens is 279 g/mol. The van der Waals surface area contributed by atoms with Crippen molar-refractivity contribution in [2.45, 2.75) is 23.7 Å². The Balaban J connectivity index is 3.40. The Morgan fingerprint density at radius 1 is 1.36 bits per heavy atom. The van der Waals surface area contributed by atoms with Gasteiger partial charge < -0.3 is 4.90 Å². The first-order chi connectivity index (χ1) is 6.31. The SMILES string of the molecule is CC(Br)CCN(C)CCSC(F)(F)F. The molecule has 0 aliphatic carbocycles. The summed E-state index contributed by atoms with van der Waals surface area (Å²) in [6.07, 6.45) is 0.952. The third-order valence-corrected chi connectivity index (χ3v) is 2.82. The first-order valence-corrected chi connectivity index (χ1v) is 6.24. The number of halogens is 4. The summed E-state index contributed by atoms with van der Waals surface area (Å²) < 4.78 is 35.3. The lowest BCUT2D eigenvalue weighted by atomic mass is 10.3. The average molecular weight is 294 g/mol. The molecule has 0 N–H and O–H groups in total. The molecule has 14 heavy (non-hydrogen) atoms. The van der Waals surface area contributed by atoms with Crippen molar-refractivity contribution in [3.63, 3.8) is 0 Å². The van der Waals surface area contributed by atoms with E-state index < -0.39 is 5.51 Å². The van der Waals surface area contributed by atoms with Crippen LogP contribution in [-0.2, 0) is 0 Å². The molecule has 0 aliphatic rings. The van der Waals surface area contributed by atoms with E-state index in [0.29, 0.717) is 11.4 Å². The third-order valence-electron chi connectivity index (χ3n) is 1.65. The van der Waals surface area contributed by atoms with Crippen LogP contribution in [0.25, 0.3) is 0 Å². The van der Waals surface area contributed by atoms with Crippen LogP contribution in [0.3, 0.4) is 0 Å². The molecule has 0 aromatic rings. The highest BCUT2D eigenvalue weighted by Crippen LogP contribution is 2.29.